The van der Waals surface area contributed by atoms with Crippen molar-refractivity contribution in [2.24, 2.45) is 0 Å². The predicted molar refractivity (Wildman–Crippen MR) is 109 cm³/mol. The van der Waals surface area contributed by atoms with E-state index in [9.17, 15) is 14.0 Å². The first kappa shape index (κ1) is 21.7. The first-order chi connectivity index (χ1) is 13.8. The minimum Gasteiger partial charge on any atom is -0.379 e. The number of carbonyl (C=O) groups excluding carboxylic acids is 2. The molecule has 7 heteroatoms. The number of hydrogen-bond donors (Lipinski definition) is 2. The minimum absolute atomic E-state index is 0.00123. The van der Waals surface area contributed by atoms with Crippen molar-refractivity contribution in [2.75, 3.05) is 26.3 Å². The summed E-state index contributed by atoms with van der Waals surface area (Å²) in [5.74, 6) is -0.886. The average molecular weight is 406 g/mol. The number of hydrogen-bond acceptors (Lipinski definition) is 4. The van der Waals surface area contributed by atoms with Crippen LogP contribution in [0.3, 0.4) is 0 Å². The fourth-order valence-electron chi connectivity index (χ4n) is 4.26. The van der Waals surface area contributed by atoms with Crippen LogP contribution >= 0.6 is 0 Å². The van der Waals surface area contributed by atoms with E-state index in [4.69, 9.17) is 4.74 Å². The van der Waals surface area contributed by atoms with Crippen LogP contribution in [0.4, 0.5) is 4.39 Å². The van der Waals surface area contributed by atoms with E-state index in [0.717, 1.165) is 32.4 Å². The molecule has 3 rings (SSSR count). The van der Waals surface area contributed by atoms with Crippen molar-refractivity contribution < 1.29 is 18.7 Å². The molecule has 1 aliphatic carbocycles. The smallest absolute Gasteiger partial charge is 0.254 e. The monoisotopic (exact) mass is 405 g/mol. The number of aryl methyl sites for hydroxylation is 1. The van der Waals surface area contributed by atoms with E-state index in [2.05, 4.69) is 15.5 Å². The molecule has 6 nitrogen and oxygen atoms in total. The Morgan fingerprint density at radius 3 is 2.45 bits per heavy atom. The van der Waals surface area contributed by atoms with Crippen LogP contribution in [-0.4, -0.2) is 60.6 Å². The van der Waals surface area contributed by atoms with Gasteiger partial charge in [0.25, 0.3) is 5.91 Å². The molecule has 29 heavy (non-hydrogen) atoms. The Labute approximate surface area is 172 Å². The maximum absolute atomic E-state index is 14.1. The van der Waals surface area contributed by atoms with Crippen LogP contribution in [-0.2, 0) is 9.53 Å². The van der Waals surface area contributed by atoms with Gasteiger partial charge < -0.3 is 15.4 Å². The number of amides is 2. The molecule has 0 radical (unpaired) electrons. The Kier molecular flexibility index (Phi) is 6.90. The van der Waals surface area contributed by atoms with E-state index in [0.29, 0.717) is 25.2 Å². The minimum atomic E-state index is -0.607. The molecule has 1 aliphatic heterocycles. The zero-order valence-corrected chi connectivity index (χ0v) is 17.6. The topological polar surface area (TPSA) is 70.7 Å². The summed E-state index contributed by atoms with van der Waals surface area (Å²) in [6.45, 7) is 8.38. The van der Waals surface area contributed by atoms with Gasteiger partial charge in [-0.2, -0.15) is 0 Å². The molecule has 1 aromatic carbocycles. The van der Waals surface area contributed by atoms with Crippen LogP contribution in [0.5, 0.6) is 0 Å². The molecule has 1 saturated heterocycles. The van der Waals surface area contributed by atoms with Crippen LogP contribution in [0.25, 0.3) is 0 Å². The summed E-state index contributed by atoms with van der Waals surface area (Å²) >= 11 is 0. The molecule has 0 unspecified atom stereocenters. The predicted octanol–water partition coefficient (Wildman–Crippen LogP) is 2.40. The SMILES string of the molecule is Cc1cccc(F)c1C(=O)N[C@@H]1CCC[C@@H](NC(=O)C(C)(C)N2CCOCC2)C1. The summed E-state index contributed by atoms with van der Waals surface area (Å²) in [5.41, 5.74) is 0.118. The molecule has 0 aromatic heterocycles. The summed E-state index contributed by atoms with van der Waals surface area (Å²) in [5, 5.41) is 6.14. The van der Waals surface area contributed by atoms with Crippen molar-refractivity contribution in [3.63, 3.8) is 0 Å². The molecule has 1 heterocycles. The highest BCUT2D eigenvalue weighted by Gasteiger charge is 2.37. The van der Waals surface area contributed by atoms with E-state index < -0.39 is 11.4 Å². The Morgan fingerprint density at radius 2 is 1.79 bits per heavy atom. The summed E-state index contributed by atoms with van der Waals surface area (Å²) in [4.78, 5) is 27.7. The Morgan fingerprint density at radius 1 is 1.14 bits per heavy atom. The van der Waals surface area contributed by atoms with Crippen LogP contribution in [0.2, 0.25) is 0 Å². The van der Waals surface area contributed by atoms with Gasteiger partial charge in [-0.3, -0.25) is 14.5 Å². The van der Waals surface area contributed by atoms with Gasteiger partial charge in [-0.05, 0) is 58.1 Å². The highest BCUT2D eigenvalue weighted by atomic mass is 19.1. The lowest BCUT2D eigenvalue weighted by atomic mass is 9.89. The second kappa shape index (κ2) is 9.22. The first-order valence-electron chi connectivity index (χ1n) is 10.5. The van der Waals surface area contributed by atoms with Crippen LogP contribution in [0, 0.1) is 12.7 Å². The number of ether oxygens (including phenoxy) is 1. The van der Waals surface area contributed by atoms with E-state index in [1.54, 1.807) is 19.1 Å². The van der Waals surface area contributed by atoms with Gasteiger partial charge in [0.1, 0.15) is 5.82 Å². The lowest BCUT2D eigenvalue weighted by Crippen LogP contribution is -2.60. The van der Waals surface area contributed by atoms with Gasteiger partial charge in [-0.1, -0.05) is 12.1 Å². The maximum atomic E-state index is 14.1. The summed E-state index contributed by atoms with van der Waals surface area (Å²) < 4.78 is 19.5. The number of benzene rings is 1. The van der Waals surface area contributed by atoms with Gasteiger partial charge in [0.2, 0.25) is 5.91 Å². The van der Waals surface area contributed by atoms with Crippen molar-refractivity contribution in [1.29, 1.82) is 0 Å². The lowest BCUT2D eigenvalue weighted by molar-refractivity contribution is -0.135. The quantitative estimate of drug-likeness (QED) is 0.789. The summed E-state index contributed by atoms with van der Waals surface area (Å²) in [6, 6.07) is 4.56. The Bertz CT molecular complexity index is 727. The Hall–Kier alpha value is -1.99. The van der Waals surface area contributed by atoms with Crippen molar-refractivity contribution in [3.8, 4) is 0 Å². The zero-order chi connectivity index (χ0) is 21.0. The summed E-state index contributed by atoms with van der Waals surface area (Å²) in [6.07, 6.45) is 3.28. The van der Waals surface area contributed by atoms with Gasteiger partial charge in [0.15, 0.2) is 0 Å². The number of morpholine rings is 1. The standard InChI is InChI=1S/C22H32FN3O3/c1-15-6-4-9-18(23)19(15)20(27)24-16-7-5-8-17(14-16)25-21(28)22(2,3)26-10-12-29-13-11-26/h4,6,9,16-17H,5,7-8,10-14H2,1-3H3,(H,24,27)(H,25,28)/t16-,17-/m1/s1. The largest absolute Gasteiger partial charge is 0.379 e. The number of nitrogens with zero attached hydrogens (tertiary/aromatic N) is 1. The molecular formula is C22H32FN3O3. The molecule has 2 amide bonds. The van der Waals surface area contributed by atoms with Crippen LogP contribution < -0.4 is 10.6 Å². The number of halogens is 1. The molecular weight excluding hydrogens is 373 g/mol. The Balaban J connectivity index is 1.57. The van der Waals surface area contributed by atoms with E-state index in [1.807, 2.05) is 13.8 Å². The van der Waals surface area contributed by atoms with E-state index in [-0.39, 0.29) is 29.5 Å². The molecule has 1 aromatic rings. The van der Waals surface area contributed by atoms with Crippen molar-refractivity contribution in [3.05, 3.63) is 35.1 Å². The van der Waals surface area contributed by atoms with Gasteiger partial charge in [-0.15, -0.1) is 0 Å². The van der Waals surface area contributed by atoms with Gasteiger partial charge in [0.05, 0.1) is 24.3 Å². The van der Waals surface area contributed by atoms with E-state index in [1.165, 1.54) is 6.07 Å². The first-order valence-corrected chi connectivity index (χ1v) is 10.5. The molecule has 2 aliphatic rings. The number of carbonyl (C=O) groups is 2. The van der Waals surface area contributed by atoms with Crippen molar-refractivity contribution in [1.82, 2.24) is 15.5 Å². The summed E-state index contributed by atoms with van der Waals surface area (Å²) in [7, 11) is 0. The maximum Gasteiger partial charge on any atom is 0.254 e. The second-order valence-corrected chi connectivity index (χ2v) is 8.60. The molecule has 1 saturated carbocycles. The van der Waals surface area contributed by atoms with Gasteiger partial charge in [-0.25, -0.2) is 4.39 Å². The molecule has 2 N–H and O–H groups in total. The van der Waals surface area contributed by atoms with Gasteiger partial charge >= 0.3 is 0 Å². The molecule has 160 valence electrons. The third-order valence-electron chi connectivity index (χ3n) is 6.15. The molecule has 0 spiro atoms. The second-order valence-electron chi connectivity index (χ2n) is 8.60. The molecule has 0 bridgehead atoms. The highest BCUT2D eigenvalue weighted by molar-refractivity contribution is 5.96. The lowest BCUT2D eigenvalue weighted by Gasteiger charge is -2.41. The number of nitrogens with one attached hydrogen (secondary N) is 2. The fourth-order valence-corrected chi connectivity index (χ4v) is 4.26. The highest BCUT2D eigenvalue weighted by Crippen LogP contribution is 2.22. The fraction of sp³-hybridized carbons (Fsp3) is 0.636. The molecule has 2 fully saturated rings. The van der Waals surface area contributed by atoms with Crippen LogP contribution in [0.1, 0.15) is 55.5 Å². The third-order valence-corrected chi connectivity index (χ3v) is 6.15. The van der Waals surface area contributed by atoms with Crippen LogP contribution in [0.15, 0.2) is 18.2 Å². The zero-order valence-electron chi connectivity index (χ0n) is 17.6. The van der Waals surface area contributed by atoms with Crippen molar-refractivity contribution in [2.45, 2.75) is 64.1 Å². The van der Waals surface area contributed by atoms with E-state index >= 15 is 0 Å². The van der Waals surface area contributed by atoms with Crippen molar-refractivity contribution >= 4 is 11.8 Å². The van der Waals surface area contributed by atoms with Gasteiger partial charge in [0, 0.05) is 25.2 Å². The third kappa shape index (κ3) is 5.14. The normalized spacial score (nSPS) is 23.4. The molecule has 2 atom stereocenters. The average Bonchev–Trinajstić information content (AvgIpc) is 2.68. The number of rotatable bonds is 5.